The Labute approximate surface area is 143 Å². The zero-order valence-electron chi connectivity index (χ0n) is 13.4. The van der Waals surface area contributed by atoms with E-state index in [-0.39, 0.29) is 11.1 Å². The van der Waals surface area contributed by atoms with Crippen LogP contribution in [0, 0.1) is 5.82 Å². The number of methoxy groups -OCH3 is 1. The Morgan fingerprint density at radius 1 is 1.12 bits per heavy atom. The molecule has 0 spiro atoms. The molecule has 0 aliphatic heterocycles. The molecule has 1 aromatic heterocycles. The van der Waals surface area contributed by atoms with E-state index in [0.717, 1.165) is 22.0 Å². The molecule has 0 bridgehead atoms. The Hall–Kier alpha value is -2.41. The van der Waals surface area contributed by atoms with Crippen molar-refractivity contribution in [1.82, 2.24) is 20.2 Å². The van der Waals surface area contributed by atoms with Crippen LogP contribution < -0.4 is 4.74 Å². The van der Waals surface area contributed by atoms with Crippen molar-refractivity contribution in [2.75, 3.05) is 7.11 Å². The average Bonchev–Trinajstić information content (AvgIpc) is 3.03. The molecule has 0 radical (unpaired) electrons. The summed E-state index contributed by atoms with van der Waals surface area (Å²) < 4.78 is 20.0. The number of aromatic nitrogens is 4. The number of ether oxygens (including phenoxy) is 1. The second-order valence-electron chi connectivity index (χ2n) is 5.28. The van der Waals surface area contributed by atoms with Gasteiger partial charge in [-0.15, -0.1) is 5.10 Å². The Balaban J connectivity index is 1.71. The van der Waals surface area contributed by atoms with Crippen molar-refractivity contribution in [2.45, 2.75) is 23.9 Å². The van der Waals surface area contributed by atoms with Crippen LogP contribution in [0.25, 0.3) is 0 Å². The molecule has 0 saturated carbocycles. The minimum Gasteiger partial charge on any atom is -0.497 e. The van der Waals surface area contributed by atoms with E-state index in [1.165, 1.54) is 12.1 Å². The van der Waals surface area contributed by atoms with Crippen molar-refractivity contribution >= 4 is 11.8 Å². The Morgan fingerprint density at radius 3 is 2.50 bits per heavy atom. The maximum atomic E-state index is 13.0. The van der Waals surface area contributed by atoms with E-state index < -0.39 is 0 Å². The number of benzene rings is 2. The number of halogens is 1. The molecule has 0 aliphatic carbocycles. The number of thioether (sulfide) groups is 1. The predicted octanol–water partition coefficient (Wildman–Crippen LogP) is 3.72. The topological polar surface area (TPSA) is 52.8 Å². The van der Waals surface area contributed by atoms with Gasteiger partial charge in [0.15, 0.2) is 0 Å². The van der Waals surface area contributed by atoms with Gasteiger partial charge in [-0.1, -0.05) is 36.0 Å². The van der Waals surface area contributed by atoms with Gasteiger partial charge in [-0.3, -0.25) is 0 Å². The highest BCUT2D eigenvalue weighted by Crippen LogP contribution is 2.33. The third-order valence-corrected chi connectivity index (χ3v) is 4.74. The lowest BCUT2D eigenvalue weighted by atomic mass is 10.2. The smallest absolute Gasteiger partial charge is 0.210 e. The van der Waals surface area contributed by atoms with Crippen LogP contribution in [-0.2, 0) is 6.54 Å². The lowest BCUT2D eigenvalue weighted by Crippen LogP contribution is -2.04. The number of hydrogen-bond donors (Lipinski definition) is 0. The molecule has 2 aromatic carbocycles. The lowest BCUT2D eigenvalue weighted by molar-refractivity contribution is 0.414. The van der Waals surface area contributed by atoms with Crippen LogP contribution in [0.4, 0.5) is 4.39 Å². The van der Waals surface area contributed by atoms with Crippen LogP contribution in [0.15, 0.2) is 53.7 Å². The summed E-state index contributed by atoms with van der Waals surface area (Å²) in [4.78, 5) is 0. The molecule has 0 N–H and O–H groups in total. The number of nitrogens with zero attached hydrogens (tertiary/aromatic N) is 4. The van der Waals surface area contributed by atoms with Crippen molar-refractivity contribution in [2.24, 2.45) is 0 Å². The summed E-state index contributed by atoms with van der Waals surface area (Å²) in [5.74, 6) is 0.579. The molecule has 7 heteroatoms. The van der Waals surface area contributed by atoms with E-state index in [0.29, 0.717) is 6.54 Å². The molecule has 1 unspecified atom stereocenters. The van der Waals surface area contributed by atoms with Crippen LogP contribution in [0.5, 0.6) is 5.75 Å². The highest BCUT2D eigenvalue weighted by atomic mass is 32.2. The lowest BCUT2D eigenvalue weighted by Gasteiger charge is -2.11. The van der Waals surface area contributed by atoms with Crippen LogP contribution in [0.1, 0.15) is 23.3 Å². The van der Waals surface area contributed by atoms with Gasteiger partial charge in [0, 0.05) is 5.25 Å². The summed E-state index contributed by atoms with van der Waals surface area (Å²) in [7, 11) is 1.64. The fourth-order valence-corrected chi connectivity index (χ4v) is 3.16. The van der Waals surface area contributed by atoms with Gasteiger partial charge in [0.2, 0.25) is 5.16 Å². The van der Waals surface area contributed by atoms with Crippen LogP contribution in [0.2, 0.25) is 0 Å². The average molecular weight is 344 g/mol. The van der Waals surface area contributed by atoms with Gasteiger partial charge in [-0.25, -0.2) is 9.07 Å². The van der Waals surface area contributed by atoms with Gasteiger partial charge >= 0.3 is 0 Å². The number of hydrogen-bond acceptors (Lipinski definition) is 5. The fraction of sp³-hybridized carbons (Fsp3) is 0.235. The molecule has 3 rings (SSSR count). The minimum atomic E-state index is -0.236. The monoisotopic (exact) mass is 344 g/mol. The quantitative estimate of drug-likeness (QED) is 0.638. The normalized spacial score (nSPS) is 12.1. The van der Waals surface area contributed by atoms with E-state index in [1.54, 1.807) is 35.7 Å². The van der Waals surface area contributed by atoms with Gasteiger partial charge in [0.05, 0.1) is 13.7 Å². The van der Waals surface area contributed by atoms with Crippen molar-refractivity contribution in [1.29, 1.82) is 0 Å². The summed E-state index contributed by atoms with van der Waals surface area (Å²) >= 11 is 1.54. The van der Waals surface area contributed by atoms with E-state index in [9.17, 15) is 4.39 Å². The van der Waals surface area contributed by atoms with Crippen molar-refractivity contribution < 1.29 is 9.13 Å². The first-order valence-electron chi connectivity index (χ1n) is 7.47. The van der Waals surface area contributed by atoms with Gasteiger partial charge in [0.1, 0.15) is 11.6 Å². The molecule has 1 atom stereocenters. The summed E-state index contributed by atoms with van der Waals surface area (Å²) in [6.45, 7) is 2.62. The maximum absolute atomic E-state index is 13.0. The fourth-order valence-electron chi connectivity index (χ4n) is 2.24. The van der Waals surface area contributed by atoms with Crippen molar-refractivity contribution in [3.05, 3.63) is 65.5 Å². The molecular formula is C17H17FN4OS. The third-order valence-electron chi connectivity index (χ3n) is 3.61. The second kappa shape index (κ2) is 7.44. The Morgan fingerprint density at radius 2 is 1.83 bits per heavy atom. The van der Waals surface area contributed by atoms with Crippen LogP contribution >= 0.6 is 11.8 Å². The standard InChI is InChI=1S/C17H17FN4OS/c1-12(14-5-7-15(18)8-6-14)24-17-19-20-21-22(17)11-13-3-9-16(23-2)10-4-13/h3-10,12H,11H2,1-2H3. The van der Waals surface area contributed by atoms with E-state index in [4.69, 9.17) is 4.74 Å². The van der Waals surface area contributed by atoms with Gasteiger partial charge in [0.25, 0.3) is 0 Å². The van der Waals surface area contributed by atoms with Crippen LogP contribution in [0.3, 0.4) is 0 Å². The molecule has 3 aromatic rings. The summed E-state index contributed by atoms with van der Waals surface area (Å²) in [6.07, 6.45) is 0. The minimum absolute atomic E-state index is 0.117. The molecule has 124 valence electrons. The van der Waals surface area contributed by atoms with Gasteiger partial charge in [-0.05, 0) is 52.7 Å². The van der Waals surface area contributed by atoms with Gasteiger partial charge < -0.3 is 4.74 Å². The first-order valence-corrected chi connectivity index (χ1v) is 8.35. The highest BCUT2D eigenvalue weighted by molar-refractivity contribution is 7.99. The molecular weight excluding hydrogens is 327 g/mol. The van der Waals surface area contributed by atoms with Crippen LogP contribution in [-0.4, -0.2) is 27.3 Å². The summed E-state index contributed by atoms with van der Waals surface area (Å²) in [6, 6.07) is 14.3. The molecule has 0 aliphatic rings. The highest BCUT2D eigenvalue weighted by Gasteiger charge is 2.14. The van der Waals surface area contributed by atoms with E-state index >= 15 is 0 Å². The number of rotatable bonds is 6. The van der Waals surface area contributed by atoms with Gasteiger partial charge in [-0.2, -0.15) is 0 Å². The molecule has 0 fully saturated rings. The molecule has 24 heavy (non-hydrogen) atoms. The van der Waals surface area contributed by atoms with Crippen molar-refractivity contribution in [3.8, 4) is 5.75 Å². The largest absolute Gasteiger partial charge is 0.497 e. The third kappa shape index (κ3) is 3.91. The zero-order valence-corrected chi connectivity index (χ0v) is 14.2. The second-order valence-corrected chi connectivity index (χ2v) is 6.59. The zero-order chi connectivity index (χ0) is 16.9. The first kappa shape index (κ1) is 16.4. The SMILES string of the molecule is COc1ccc(Cn2nnnc2SC(C)c2ccc(F)cc2)cc1. The van der Waals surface area contributed by atoms with Crippen molar-refractivity contribution in [3.63, 3.8) is 0 Å². The Bertz CT molecular complexity index is 789. The molecule has 5 nitrogen and oxygen atoms in total. The first-order chi connectivity index (χ1) is 11.7. The molecule has 0 amide bonds. The Kier molecular flexibility index (Phi) is 5.10. The number of tetrazole rings is 1. The van der Waals surface area contributed by atoms with E-state index in [1.807, 2.05) is 31.2 Å². The summed E-state index contributed by atoms with van der Waals surface area (Å²) in [5.41, 5.74) is 2.11. The maximum Gasteiger partial charge on any atom is 0.210 e. The molecule has 1 heterocycles. The summed E-state index contributed by atoms with van der Waals surface area (Å²) in [5, 5.41) is 12.8. The predicted molar refractivity (Wildman–Crippen MR) is 90.6 cm³/mol. The van der Waals surface area contributed by atoms with E-state index in [2.05, 4.69) is 15.5 Å². The molecule has 0 saturated heterocycles.